The number of benzene rings is 2. The fourth-order valence-electron chi connectivity index (χ4n) is 2.52. The largest absolute Gasteiger partial charge is 0.418 e. The molecular formula is C18H19F3N2O3S. The number of hydrogen-bond acceptors (Lipinski definition) is 3. The zero-order valence-corrected chi connectivity index (χ0v) is 15.3. The molecule has 0 fully saturated rings. The van der Waals surface area contributed by atoms with Crippen molar-refractivity contribution >= 4 is 27.3 Å². The van der Waals surface area contributed by atoms with Crippen LogP contribution in [-0.4, -0.2) is 27.1 Å². The molecule has 0 atom stereocenters. The number of nitrogens with zero attached hydrogens (tertiary/aromatic N) is 1. The molecule has 2 rings (SSSR count). The smallest absolute Gasteiger partial charge is 0.326 e. The van der Waals surface area contributed by atoms with Gasteiger partial charge in [0.25, 0.3) is 0 Å². The van der Waals surface area contributed by atoms with E-state index in [0.29, 0.717) is 5.69 Å². The van der Waals surface area contributed by atoms with Crippen molar-refractivity contribution in [2.24, 2.45) is 0 Å². The Labute approximate surface area is 155 Å². The van der Waals surface area contributed by atoms with E-state index in [-0.39, 0.29) is 25.1 Å². The first-order chi connectivity index (χ1) is 12.6. The molecule has 0 aliphatic carbocycles. The minimum Gasteiger partial charge on any atom is -0.326 e. The Balaban J connectivity index is 2.00. The summed E-state index contributed by atoms with van der Waals surface area (Å²) in [5, 5.41) is 2.24. The lowest BCUT2D eigenvalue weighted by atomic mass is 10.1. The quantitative estimate of drug-likeness (QED) is 0.767. The second-order valence-corrected chi connectivity index (χ2v) is 7.77. The zero-order chi connectivity index (χ0) is 20.1. The molecule has 0 saturated heterocycles. The van der Waals surface area contributed by atoms with Gasteiger partial charge in [-0.1, -0.05) is 30.3 Å². The molecule has 0 radical (unpaired) electrons. The minimum atomic E-state index is -4.58. The van der Waals surface area contributed by atoms with Gasteiger partial charge in [0.1, 0.15) is 0 Å². The van der Waals surface area contributed by atoms with Crippen molar-refractivity contribution in [2.45, 2.75) is 19.0 Å². The lowest BCUT2D eigenvalue weighted by molar-refractivity contribution is -0.137. The summed E-state index contributed by atoms with van der Waals surface area (Å²) in [6, 6.07) is 13.1. The summed E-state index contributed by atoms with van der Waals surface area (Å²) in [6.45, 7) is 0.0389. The van der Waals surface area contributed by atoms with Gasteiger partial charge in [0.2, 0.25) is 15.9 Å². The SMILES string of the molecule is CS(=O)(=O)N(CCCC(=O)Nc1ccccc1C(F)(F)F)c1ccccc1. The van der Waals surface area contributed by atoms with E-state index in [2.05, 4.69) is 5.32 Å². The van der Waals surface area contributed by atoms with E-state index in [1.165, 1.54) is 18.2 Å². The zero-order valence-electron chi connectivity index (χ0n) is 14.5. The van der Waals surface area contributed by atoms with Gasteiger partial charge < -0.3 is 5.32 Å². The van der Waals surface area contributed by atoms with Crippen LogP contribution in [0.5, 0.6) is 0 Å². The Morgan fingerprint density at radius 1 is 1.04 bits per heavy atom. The van der Waals surface area contributed by atoms with Crippen molar-refractivity contribution in [2.75, 3.05) is 22.4 Å². The van der Waals surface area contributed by atoms with Gasteiger partial charge >= 0.3 is 6.18 Å². The molecule has 1 N–H and O–H groups in total. The highest BCUT2D eigenvalue weighted by molar-refractivity contribution is 7.92. The summed E-state index contributed by atoms with van der Waals surface area (Å²) >= 11 is 0. The Bertz CT molecular complexity index is 884. The van der Waals surface area contributed by atoms with E-state index in [9.17, 15) is 26.4 Å². The molecule has 0 heterocycles. The second-order valence-electron chi connectivity index (χ2n) is 5.87. The normalized spacial score (nSPS) is 11.9. The lowest BCUT2D eigenvalue weighted by Crippen LogP contribution is -2.31. The predicted molar refractivity (Wildman–Crippen MR) is 97.9 cm³/mol. The lowest BCUT2D eigenvalue weighted by Gasteiger charge is -2.22. The topological polar surface area (TPSA) is 66.5 Å². The number of nitrogens with one attached hydrogen (secondary N) is 1. The summed E-state index contributed by atoms with van der Waals surface area (Å²) in [6.07, 6.45) is -3.49. The maximum atomic E-state index is 13.0. The number of halogens is 3. The van der Waals surface area contributed by atoms with Crippen molar-refractivity contribution < 1.29 is 26.4 Å². The van der Waals surface area contributed by atoms with Crippen LogP contribution in [0.1, 0.15) is 18.4 Å². The van der Waals surface area contributed by atoms with Crippen LogP contribution in [0.4, 0.5) is 24.5 Å². The van der Waals surface area contributed by atoms with E-state index in [0.717, 1.165) is 16.6 Å². The molecule has 0 unspecified atom stereocenters. The van der Waals surface area contributed by atoms with Gasteiger partial charge in [0.15, 0.2) is 0 Å². The molecule has 2 aromatic carbocycles. The van der Waals surface area contributed by atoms with E-state index in [4.69, 9.17) is 0 Å². The summed E-state index contributed by atoms with van der Waals surface area (Å²) in [4.78, 5) is 12.0. The maximum Gasteiger partial charge on any atom is 0.418 e. The van der Waals surface area contributed by atoms with Crippen LogP contribution in [0, 0.1) is 0 Å². The molecule has 0 aliphatic rings. The van der Waals surface area contributed by atoms with Crippen molar-refractivity contribution in [1.82, 2.24) is 0 Å². The first kappa shape index (κ1) is 20.8. The van der Waals surface area contributed by atoms with E-state index < -0.39 is 27.7 Å². The molecule has 0 spiro atoms. The fourth-order valence-corrected chi connectivity index (χ4v) is 3.48. The van der Waals surface area contributed by atoms with Crippen LogP contribution in [-0.2, 0) is 21.0 Å². The van der Waals surface area contributed by atoms with Gasteiger partial charge in [-0.3, -0.25) is 9.10 Å². The molecule has 0 aromatic heterocycles. The second kappa shape index (κ2) is 8.43. The van der Waals surface area contributed by atoms with E-state index in [1.807, 2.05) is 0 Å². The van der Waals surface area contributed by atoms with Gasteiger partial charge in [-0.05, 0) is 30.7 Å². The predicted octanol–water partition coefficient (Wildman–Crippen LogP) is 3.89. The number of rotatable bonds is 7. The van der Waals surface area contributed by atoms with E-state index >= 15 is 0 Å². The Morgan fingerprint density at radius 3 is 2.22 bits per heavy atom. The Morgan fingerprint density at radius 2 is 1.63 bits per heavy atom. The third kappa shape index (κ3) is 5.99. The molecule has 9 heteroatoms. The van der Waals surface area contributed by atoms with Crippen molar-refractivity contribution in [1.29, 1.82) is 0 Å². The molecule has 5 nitrogen and oxygen atoms in total. The van der Waals surface area contributed by atoms with Crippen LogP contribution in [0.25, 0.3) is 0 Å². The number of para-hydroxylation sites is 2. The standard InChI is InChI=1S/C18H19F3N2O3S/c1-27(25,26)23(14-8-3-2-4-9-14)13-7-12-17(24)22-16-11-6-5-10-15(16)18(19,20)21/h2-6,8-11H,7,12-13H2,1H3,(H,22,24). The minimum absolute atomic E-state index is 0.0389. The van der Waals surface area contributed by atoms with Gasteiger partial charge in [0.05, 0.1) is 23.2 Å². The Hall–Kier alpha value is -2.55. The average Bonchev–Trinajstić information content (AvgIpc) is 2.58. The van der Waals surface area contributed by atoms with Gasteiger partial charge in [-0.15, -0.1) is 0 Å². The fraction of sp³-hybridized carbons (Fsp3) is 0.278. The summed E-state index contributed by atoms with van der Waals surface area (Å²) in [7, 11) is -3.55. The average molecular weight is 400 g/mol. The van der Waals surface area contributed by atoms with Crippen molar-refractivity contribution in [3.05, 3.63) is 60.2 Å². The van der Waals surface area contributed by atoms with Gasteiger partial charge in [-0.25, -0.2) is 8.42 Å². The van der Waals surface area contributed by atoms with Crippen molar-refractivity contribution in [3.8, 4) is 0 Å². The molecule has 0 bridgehead atoms. The molecule has 1 amide bonds. The van der Waals surface area contributed by atoms with Gasteiger partial charge in [0, 0.05) is 13.0 Å². The monoisotopic (exact) mass is 400 g/mol. The molecule has 2 aromatic rings. The first-order valence-electron chi connectivity index (χ1n) is 8.08. The third-order valence-corrected chi connectivity index (χ3v) is 4.91. The van der Waals surface area contributed by atoms with Crippen LogP contribution >= 0.6 is 0 Å². The molecule has 27 heavy (non-hydrogen) atoms. The number of hydrogen-bond donors (Lipinski definition) is 1. The molecule has 146 valence electrons. The Kier molecular flexibility index (Phi) is 6.48. The van der Waals surface area contributed by atoms with E-state index in [1.54, 1.807) is 30.3 Å². The number of anilines is 2. The van der Waals surface area contributed by atoms with Crippen LogP contribution in [0.3, 0.4) is 0 Å². The molecular weight excluding hydrogens is 381 g/mol. The maximum absolute atomic E-state index is 13.0. The van der Waals surface area contributed by atoms with Crippen LogP contribution < -0.4 is 9.62 Å². The number of sulfonamides is 1. The summed E-state index contributed by atoms with van der Waals surface area (Å²) < 4.78 is 63.9. The van der Waals surface area contributed by atoms with Crippen molar-refractivity contribution in [3.63, 3.8) is 0 Å². The number of amides is 1. The highest BCUT2D eigenvalue weighted by Crippen LogP contribution is 2.34. The number of alkyl halides is 3. The summed E-state index contributed by atoms with van der Waals surface area (Å²) in [5.41, 5.74) is -0.791. The highest BCUT2D eigenvalue weighted by Gasteiger charge is 2.33. The van der Waals surface area contributed by atoms with Gasteiger partial charge in [-0.2, -0.15) is 13.2 Å². The molecule has 0 saturated carbocycles. The van der Waals surface area contributed by atoms with Crippen LogP contribution in [0.2, 0.25) is 0 Å². The highest BCUT2D eigenvalue weighted by atomic mass is 32.2. The first-order valence-corrected chi connectivity index (χ1v) is 9.92. The third-order valence-electron chi connectivity index (χ3n) is 3.72. The number of carbonyl (C=O) groups excluding carboxylic acids is 1. The molecule has 0 aliphatic heterocycles. The van der Waals surface area contributed by atoms with Crippen LogP contribution in [0.15, 0.2) is 54.6 Å². The number of carbonyl (C=O) groups is 1. The summed E-state index contributed by atoms with van der Waals surface area (Å²) in [5.74, 6) is -0.617.